The highest BCUT2D eigenvalue weighted by molar-refractivity contribution is 5.32. The minimum Gasteiger partial charge on any atom is -0.486 e. The molecule has 4 heteroatoms. The molecule has 2 aromatic rings. The number of rotatable bonds is 4. The van der Waals surface area contributed by atoms with Crippen molar-refractivity contribution >= 4 is 0 Å². The molecule has 1 heterocycles. The molecule has 0 atom stereocenters. The highest BCUT2D eigenvalue weighted by atomic mass is 16.5. The van der Waals surface area contributed by atoms with Gasteiger partial charge in [-0.1, -0.05) is 6.07 Å². The van der Waals surface area contributed by atoms with Gasteiger partial charge in [0.1, 0.15) is 18.7 Å². The Bertz CT molecular complexity index is 485. The third-order valence-electron chi connectivity index (χ3n) is 2.56. The fourth-order valence-electron chi connectivity index (χ4n) is 1.83. The van der Waals surface area contributed by atoms with Gasteiger partial charge >= 0.3 is 0 Å². The Morgan fingerprint density at radius 2 is 1.88 bits per heavy atom. The molecule has 0 aliphatic carbocycles. The third kappa shape index (κ3) is 2.84. The minimum absolute atomic E-state index is 0.455. The summed E-state index contributed by atoms with van der Waals surface area (Å²) in [5.74, 6) is 1.74. The van der Waals surface area contributed by atoms with Crippen LogP contribution in [0.3, 0.4) is 0 Å². The van der Waals surface area contributed by atoms with E-state index in [0.29, 0.717) is 6.61 Å². The molecule has 0 aliphatic heterocycles. The van der Waals surface area contributed by atoms with E-state index < -0.39 is 0 Å². The number of ether oxygens (including phenoxy) is 1. The van der Waals surface area contributed by atoms with E-state index in [1.807, 2.05) is 23.7 Å². The zero-order chi connectivity index (χ0) is 12.3. The number of benzene rings is 1. The van der Waals surface area contributed by atoms with Gasteiger partial charge in [-0.3, -0.25) is 0 Å². The van der Waals surface area contributed by atoms with Crippen molar-refractivity contribution in [2.75, 3.05) is 0 Å². The molecule has 90 valence electrons. The van der Waals surface area contributed by atoms with Gasteiger partial charge in [-0.05, 0) is 44.0 Å². The molecule has 4 nitrogen and oxygen atoms in total. The predicted molar refractivity (Wildman–Crippen MR) is 65.9 cm³/mol. The summed E-state index contributed by atoms with van der Waals surface area (Å²) in [6.07, 6.45) is 1.56. The largest absolute Gasteiger partial charge is 0.486 e. The molecule has 2 rings (SSSR count). The van der Waals surface area contributed by atoms with Crippen LogP contribution < -0.4 is 4.74 Å². The molecule has 0 aliphatic rings. The molecule has 1 aromatic carbocycles. The fraction of sp³-hybridized carbons (Fsp3) is 0.385. The lowest BCUT2D eigenvalue weighted by atomic mass is 10.1. The van der Waals surface area contributed by atoms with Gasteiger partial charge in [-0.15, -0.1) is 0 Å². The van der Waals surface area contributed by atoms with E-state index in [9.17, 15) is 0 Å². The predicted octanol–water partition coefficient (Wildman–Crippen LogP) is 2.49. The van der Waals surface area contributed by atoms with Crippen LogP contribution in [0.1, 0.15) is 23.9 Å². The molecule has 0 spiro atoms. The number of aromatic nitrogens is 3. The van der Waals surface area contributed by atoms with Crippen LogP contribution in [0.5, 0.6) is 5.75 Å². The van der Waals surface area contributed by atoms with E-state index in [-0.39, 0.29) is 0 Å². The molecule has 0 unspecified atom stereocenters. The van der Waals surface area contributed by atoms with Crippen molar-refractivity contribution in [1.29, 1.82) is 0 Å². The van der Waals surface area contributed by atoms with Crippen LogP contribution in [0, 0.1) is 13.8 Å². The van der Waals surface area contributed by atoms with Crippen LogP contribution in [0.2, 0.25) is 0 Å². The van der Waals surface area contributed by atoms with E-state index in [2.05, 4.69) is 30.0 Å². The van der Waals surface area contributed by atoms with Gasteiger partial charge in [0, 0.05) is 6.54 Å². The van der Waals surface area contributed by atoms with Crippen LogP contribution in [-0.4, -0.2) is 14.8 Å². The van der Waals surface area contributed by atoms with E-state index in [1.54, 1.807) is 6.33 Å². The van der Waals surface area contributed by atoms with E-state index in [0.717, 1.165) is 18.1 Å². The van der Waals surface area contributed by atoms with Crippen LogP contribution in [-0.2, 0) is 13.2 Å². The van der Waals surface area contributed by atoms with Crippen molar-refractivity contribution in [1.82, 2.24) is 14.8 Å². The van der Waals surface area contributed by atoms with Gasteiger partial charge in [0.25, 0.3) is 0 Å². The number of nitrogens with zero attached hydrogens (tertiary/aromatic N) is 3. The van der Waals surface area contributed by atoms with E-state index in [1.165, 1.54) is 11.1 Å². The number of hydrogen-bond donors (Lipinski definition) is 0. The average molecular weight is 231 g/mol. The van der Waals surface area contributed by atoms with Gasteiger partial charge in [0.05, 0.1) is 0 Å². The maximum absolute atomic E-state index is 5.73. The smallest absolute Gasteiger partial charge is 0.164 e. The Labute approximate surface area is 101 Å². The SMILES string of the molecule is CCn1ncnc1COc1cc(C)cc(C)c1. The normalized spacial score (nSPS) is 10.5. The Kier molecular flexibility index (Phi) is 3.42. The molecule has 0 N–H and O–H groups in total. The summed E-state index contributed by atoms with van der Waals surface area (Å²) in [6.45, 7) is 7.43. The first kappa shape index (κ1) is 11.6. The van der Waals surface area contributed by atoms with Crippen molar-refractivity contribution < 1.29 is 4.74 Å². The standard InChI is InChI=1S/C13H17N3O/c1-4-16-13(14-9-15-16)8-17-12-6-10(2)5-11(3)7-12/h5-7,9H,4,8H2,1-3H3. The lowest BCUT2D eigenvalue weighted by Gasteiger charge is -2.08. The average Bonchev–Trinajstić information content (AvgIpc) is 2.72. The molecular weight excluding hydrogens is 214 g/mol. The molecule has 1 aromatic heterocycles. The van der Waals surface area contributed by atoms with Crippen molar-refractivity contribution in [2.45, 2.75) is 33.9 Å². The molecule has 0 fully saturated rings. The van der Waals surface area contributed by atoms with Gasteiger partial charge in [-0.2, -0.15) is 5.10 Å². The molecule has 17 heavy (non-hydrogen) atoms. The molecule has 0 radical (unpaired) electrons. The summed E-state index contributed by atoms with van der Waals surface area (Å²) in [5, 5.41) is 4.11. The maximum atomic E-state index is 5.73. The summed E-state index contributed by atoms with van der Waals surface area (Å²) in [5.41, 5.74) is 2.41. The van der Waals surface area contributed by atoms with Gasteiger partial charge in [0.15, 0.2) is 5.82 Å². The van der Waals surface area contributed by atoms with Crippen molar-refractivity contribution in [2.24, 2.45) is 0 Å². The Morgan fingerprint density at radius 1 is 1.18 bits per heavy atom. The van der Waals surface area contributed by atoms with Gasteiger partial charge in [0.2, 0.25) is 0 Å². The lowest BCUT2D eigenvalue weighted by Crippen LogP contribution is -2.07. The molecular formula is C13H17N3O. The van der Waals surface area contributed by atoms with Crippen LogP contribution in [0.4, 0.5) is 0 Å². The molecule has 0 bridgehead atoms. The highest BCUT2D eigenvalue weighted by Gasteiger charge is 2.04. The summed E-state index contributed by atoms with van der Waals surface area (Å²) < 4.78 is 7.57. The van der Waals surface area contributed by atoms with E-state index in [4.69, 9.17) is 4.74 Å². The second-order valence-electron chi connectivity index (χ2n) is 4.10. The molecule has 0 saturated carbocycles. The van der Waals surface area contributed by atoms with Crippen LogP contribution in [0.15, 0.2) is 24.5 Å². The van der Waals surface area contributed by atoms with Gasteiger partial charge in [-0.25, -0.2) is 9.67 Å². The second-order valence-corrected chi connectivity index (χ2v) is 4.10. The number of hydrogen-bond acceptors (Lipinski definition) is 3. The van der Waals surface area contributed by atoms with Crippen molar-refractivity contribution in [3.05, 3.63) is 41.5 Å². The van der Waals surface area contributed by atoms with Crippen molar-refractivity contribution in [3.63, 3.8) is 0 Å². The maximum Gasteiger partial charge on any atom is 0.164 e. The van der Waals surface area contributed by atoms with Crippen LogP contribution in [0.25, 0.3) is 0 Å². The Balaban J connectivity index is 2.07. The van der Waals surface area contributed by atoms with Crippen LogP contribution >= 0.6 is 0 Å². The first-order chi connectivity index (χ1) is 8.19. The fourth-order valence-corrected chi connectivity index (χ4v) is 1.83. The molecule has 0 saturated heterocycles. The minimum atomic E-state index is 0.455. The van der Waals surface area contributed by atoms with Gasteiger partial charge < -0.3 is 4.74 Å². The lowest BCUT2D eigenvalue weighted by molar-refractivity contribution is 0.287. The highest BCUT2D eigenvalue weighted by Crippen LogP contribution is 2.17. The third-order valence-corrected chi connectivity index (χ3v) is 2.56. The number of aryl methyl sites for hydroxylation is 3. The van der Waals surface area contributed by atoms with E-state index >= 15 is 0 Å². The molecule has 0 amide bonds. The first-order valence-electron chi connectivity index (χ1n) is 5.77. The Morgan fingerprint density at radius 3 is 2.53 bits per heavy atom. The topological polar surface area (TPSA) is 39.9 Å². The summed E-state index contributed by atoms with van der Waals surface area (Å²) >= 11 is 0. The van der Waals surface area contributed by atoms with Crippen molar-refractivity contribution in [3.8, 4) is 5.75 Å². The summed E-state index contributed by atoms with van der Waals surface area (Å²) in [6, 6.07) is 6.18. The summed E-state index contributed by atoms with van der Waals surface area (Å²) in [4.78, 5) is 4.17. The zero-order valence-electron chi connectivity index (χ0n) is 10.5. The second kappa shape index (κ2) is 4.99. The zero-order valence-corrected chi connectivity index (χ0v) is 10.5. The first-order valence-corrected chi connectivity index (χ1v) is 5.77. The summed E-state index contributed by atoms with van der Waals surface area (Å²) in [7, 11) is 0. The monoisotopic (exact) mass is 231 g/mol. The quantitative estimate of drug-likeness (QED) is 0.811. The Hall–Kier alpha value is -1.84.